The number of rotatable bonds is 11. The van der Waals surface area contributed by atoms with Gasteiger partial charge < -0.3 is 19.7 Å². The van der Waals surface area contributed by atoms with E-state index in [0.29, 0.717) is 52.0 Å². The van der Waals surface area contributed by atoms with Gasteiger partial charge in [0.05, 0.1) is 25.4 Å². The van der Waals surface area contributed by atoms with Crippen molar-refractivity contribution >= 4 is 28.4 Å². The van der Waals surface area contributed by atoms with Gasteiger partial charge >= 0.3 is 0 Å². The van der Waals surface area contributed by atoms with Crippen LogP contribution in [0.2, 0.25) is 5.02 Å². The fraction of sp³-hybridized carbons (Fsp3) is 0.357. The second-order valence-corrected chi connectivity index (χ2v) is 9.40. The lowest BCUT2D eigenvalue weighted by atomic mass is 10.1. The number of amides is 1. The largest absolute Gasteiger partial charge is 0.493 e. The van der Waals surface area contributed by atoms with Crippen LogP contribution in [0.5, 0.6) is 11.5 Å². The Bertz CT molecular complexity index is 1440. The molecule has 2 heterocycles. The van der Waals surface area contributed by atoms with E-state index < -0.39 is 0 Å². The number of carbonyl (C=O) groups excluding carboxylic acids is 1. The molecule has 0 fully saturated rings. The first-order valence-corrected chi connectivity index (χ1v) is 12.9. The lowest BCUT2D eigenvalue weighted by Gasteiger charge is -2.18. The number of nitrogens with zero attached hydrogens (tertiary/aromatic N) is 5. The van der Waals surface area contributed by atoms with Crippen LogP contribution in [0.4, 0.5) is 0 Å². The average Bonchev–Trinajstić information content (AvgIpc) is 3.28. The third kappa shape index (κ3) is 5.89. The molecule has 38 heavy (non-hydrogen) atoms. The fourth-order valence-electron chi connectivity index (χ4n) is 4.22. The van der Waals surface area contributed by atoms with Crippen molar-refractivity contribution in [2.24, 2.45) is 0 Å². The number of aromatic nitrogens is 4. The number of carbonyl (C=O) groups is 1. The van der Waals surface area contributed by atoms with Crippen LogP contribution < -0.4 is 14.8 Å². The van der Waals surface area contributed by atoms with Crippen LogP contribution in [0.25, 0.3) is 22.3 Å². The molecule has 0 spiro atoms. The van der Waals surface area contributed by atoms with Crippen LogP contribution >= 0.6 is 11.6 Å². The van der Waals surface area contributed by atoms with Crippen molar-refractivity contribution in [3.05, 3.63) is 64.6 Å². The number of hydrogen-bond donors (Lipinski definition) is 1. The predicted octanol–water partition coefficient (Wildman–Crippen LogP) is 4.74. The van der Waals surface area contributed by atoms with E-state index in [-0.39, 0.29) is 11.6 Å². The molecule has 0 radical (unpaired) electrons. The summed E-state index contributed by atoms with van der Waals surface area (Å²) in [4.78, 5) is 24.8. The lowest BCUT2D eigenvalue weighted by Crippen LogP contribution is -2.27. The molecule has 2 aromatic carbocycles. The SMILES string of the molecule is CCn1ncc(CN(C)C(=O)c2nc(-c3ccc(OCCCNC)c(OC)c3)nc3ccc(Cl)cc23)c1C. The second kappa shape index (κ2) is 12.2. The van der Waals surface area contributed by atoms with E-state index >= 15 is 0 Å². The molecular weight excluding hydrogens is 504 g/mol. The summed E-state index contributed by atoms with van der Waals surface area (Å²) in [5.41, 5.74) is 3.62. The Hall–Kier alpha value is -3.69. The van der Waals surface area contributed by atoms with E-state index in [4.69, 9.17) is 31.0 Å². The minimum Gasteiger partial charge on any atom is -0.493 e. The van der Waals surface area contributed by atoms with E-state index in [1.807, 2.05) is 43.8 Å². The summed E-state index contributed by atoms with van der Waals surface area (Å²) >= 11 is 6.29. The van der Waals surface area contributed by atoms with Crippen molar-refractivity contribution in [1.29, 1.82) is 0 Å². The number of aryl methyl sites for hydroxylation is 1. The van der Waals surface area contributed by atoms with Gasteiger partial charge in [-0.05, 0) is 70.3 Å². The van der Waals surface area contributed by atoms with Crippen molar-refractivity contribution in [3.63, 3.8) is 0 Å². The van der Waals surface area contributed by atoms with E-state index in [1.165, 1.54) is 0 Å². The van der Waals surface area contributed by atoms with Gasteiger partial charge in [-0.15, -0.1) is 0 Å². The maximum atomic E-state index is 13.7. The molecule has 10 heteroatoms. The highest BCUT2D eigenvalue weighted by Crippen LogP contribution is 2.33. The highest BCUT2D eigenvalue weighted by Gasteiger charge is 2.22. The highest BCUT2D eigenvalue weighted by molar-refractivity contribution is 6.31. The zero-order valence-corrected chi connectivity index (χ0v) is 23.2. The molecule has 0 bridgehead atoms. The first-order chi connectivity index (χ1) is 18.4. The van der Waals surface area contributed by atoms with Crippen molar-refractivity contribution in [2.75, 3.05) is 34.4 Å². The van der Waals surface area contributed by atoms with Crippen LogP contribution in [0, 0.1) is 6.92 Å². The average molecular weight is 537 g/mol. The molecule has 0 unspecified atom stereocenters. The monoisotopic (exact) mass is 536 g/mol. The van der Waals surface area contributed by atoms with Crippen LogP contribution in [0.3, 0.4) is 0 Å². The van der Waals surface area contributed by atoms with E-state index in [9.17, 15) is 4.79 Å². The summed E-state index contributed by atoms with van der Waals surface area (Å²) in [6.45, 7) is 6.63. The maximum absolute atomic E-state index is 13.7. The van der Waals surface area contributed by atoms with E-state index in [2.05, 4.69) is 10.4 Å². The van der Waals surface area contributed by atoms with Gasteiger partial charge in [0.15, 0.2) is 17.3 Å². The van der Waals surface area contributed by atoms with E-state index in [1.54, 1.807) is 43.5 Å². The first-order valence-electron chi connectivity index (χ1n) is 12.6. The minimum absolute atomic E-state index is 0.235. The summed E-state index contributed by atoms with van der Waals surface area (Å²) < 4.78 is 13.4. The molecule has 9 nitrogen and oxygen atoms in total. The Kier molecular flexibility index (Phi) is 8.81. The van der Waals surface area contributed by atoms with Gasteiger partial charge in [-0.3, -0.25) is 9.48 Å². The highest BCUT2D eigenvalue weighted by atomic mass is 35.5. The molecule has 0 aliphatic carbocycles. The first kappa shape index (κ1) is 27.3. The molecule has 4 aromatic rings. The Labute approximate surface area is 227 Å². The summed E-state index contributed by atoms with van der Waals surface area (Å²) in [5, 5.41) is 8.60. The van der Waals surface area contributed by atoms with Crippen molar-refractivity contribution in [2.45, 2.75) is 33.4 Å². The van der Waals surface area contributed by atoms with Gasteiger partial charge in [-0.1, -0.05) is 11.6 Å². The standard InChI is InChI=1S/C28H33ClN6O3/c1-6-35-18(2)20(16-31-35)17-34(4)28(36)26-22-15-21(29)9-10-23(22)32-27(33-26)19-8-11-24(25(14-19)37-5)38-13-7-12-30-3/h8-11,14-16,30H,6-7,12-13,17H2,1-5H3. The quantitative estimate of drug-likeness (QED) is 0.276. The van der Waals surface area contributed by atoms with Gasteiger partial charge in [0.1, 0.15) is 5.69 Å². The molecule has 1 N–H and O–H groups in total. The van der Waals surface area contributed by atoms with Crippen molar-refractivity contribution in [1.82, 2.24) is 30.0 Å². The molecule has 2 aromatic heterocycles. The lowest BCUT2D eigenvalue weighted by molar-refractivity contribution is 0.0781. The van der Waals surface area contributed by atoms with Gasteiger partial charge in [0.2, 0.25) is 0 Å². The van der Waals surface area contributed by atoms with Crippen molar-refractivity contribution < 1.29 is 14.3 Å². The zero-order chi connectivity index (χ0) is 27.2. The summed E-state index contributed by atoms with van der Waals surface area (Å²) in [7, 11) is 5.26. The molecule has 0 saturated carbocycles. The Morgan fingerprint density at radius 1 is 1.16 bits per heavy atom. The topological polar surface area (TPSA) is 94.4 Å². The molecule has 0 atom stereocenters. The smallest absolute Gasteiger partial charge is 0.273 e. The number of hydrogen-bond acceptors (Lipinski definition) is 7. The number of nitrogens with one attached hydrogen (secondary N) is 1. The number of ether oxygens (including phenoxy) is 2. The van der Waals surface area contributed by atoms with Crippen LogP contribution in [-0.4, -0.2) is 64.9 Å². The predicted molar refractivity (Wildman–Crippen MR) is 149 cm³/mol. The van der Waals surface area contributed by atoms with Gasteiger partial charge in [0, 0.05) is 47.4 Å². The van der Waals surface area contributed by atoms with Crippen LogP contribution in [0.15, 0.2) is 42.6 Å². The number of fused-ring (bicyclic) bond motifs is 1. The Morgan fingerprint density at radius 2 is 1.97 bits per heavy atom. The van der Waals surface area contributed by atoms with Crippen LogP contribution in [0.1, 0.15) is 35.1 Å². The molecule has 0 aliphatic heterocycles. The summed E-state index contributed by atoms with van der Waals surface area (Å²) in [6.07, 6.45) is 2.67. The molecule has 4 rings (SSSR count). The van der Waals surface area contributed by atoms with Gasteiger partial charge in [0.25, 0.3) is 5.91 Å². The Morgan fingerprint density at radius 3 is 2.68 bits per heavy atom. The maximum Gasteiger partial charge on any atom is 0.273 e. The number of methoxy groups -OCH3 is 1. The third-order valence-corrected chi connectivity index (χ3v) is 6.60. The van der Waals surface area contributed by atoms with Crippen molar-refractivity contribution in [3.8, 4) is 22.9 Å². The van der Waals surface area contributed by atoms with Gasteiger partial charge in [-0.25, -0.2) is 9.97 Å². The number of halogens is 1. The van der Waals surface area contributed by atoms with E-state index in [0.717, 1.165) is 30.8 Å². The normalized spacial score (nSPS) is 11.1. The molecular formula is C28H33ClN6O3. The fourth-order valence-corrected chi connectivity index (χ4v) is 4.39. The van der Waals surface area contributed by atoms with Crippen LogP contribution in [-0.2, 0) is 13.1 Å². The molecule has 200 valence electrons. The third-order valence-electron chi connectivity index (χ3n) is 6.37. The molecule has 1 amide bonds. The molecule has 0 saturated heterocycles. The second-order valence-electron chi connectivity index (χ2n) is 8.96. The minimum atomic E-state index is -0.235. The Balaban J connectivity index is 1.70. The summed E-state index contributed by atoms with van der Waals surface area (Å²) in [6, 6.07) is 10.8. The number of benzene rings is 2. The van der Waals surface area contributed by atoms with Gasteiger partial charge in [-0.2, -0.15) is 5.10 Å². The molecule has 0 aliphatic rings. The summed E-state index contributed by atoms with van der Waals surface area (Å²) in [5.74, 6) is 1.38. The zero-order valence-electron chi connectivity index (χ0n) is 22.4.